The minimum atomic E-state index is -0.466. The number of nitrogens with zero attached hydrogens (tertiary/aromatic N) is 1. The summed E-state index contributed by atoms with van der Waals surface area (Å²) in [4.78, 5) is 27.4. The van der Waals surface area contributed by atoms with Crippen LogP contribution in [0.3, 0.4) is 0 Å². The van der Waals surface area contributed by atoms with E-state index in [0.717, 1.165) is 5.56 Å². The van der Waals surface area contributed by atoms with E-state index < -0.39 is 5.91 Å². The molecule has 0 aromatic heterocycles. The van der Waals surface area contributed by atoms with Gasteiger partial charge >= 0.3 is 0 Å². The second-order valence-electron chi connectivity index (χ2n) is 7.42. The summed E-state index contributed by atoms with van der Waals surface area (Å²) in [6.45, 7) is 0.389. The first kappa shape index (κ1) is 25.5. The maximum absolute atomic E-state index is 12.9. The number of amides is 2. The van der Waals surface area contributed by atoms with Crippen molar-refractivity contribution in [3.63, 3.8) is 0 Å². The fraction of sp³-hybridized carbons (Fsp3) is 0.192. The average molecular weight is 494 g/mol. The van der Waals surface area contributed by atoms with Crippen molar-refractivity contribution in [1.82, 2.24) is 10.6 Å². The monoisotopic (exact) mass is 493 g/mol. The third kappa shape index (κ3) is 6.07. The molecule has 0 saturated heterocycles. The van der Waals surface area contributed by atoms with Gasteiger partial charge in [0.05, 0.1) is 32.6 Å². The van der Waals surface area contributed by atoms with Crippen LogP contribution < -0.4 is 29.7 Å². The fourth-order valence-corrected chi connectivity index (χ4v) is 3.60. The second-order valence-corrected chi connectivity index (χ2v) is 7.80. The van der Waals surface area contributed by atoms with E-state index in [-0.39, 0.29) is 16.6 Å². The van der Waals surface area contributed by atoms with Gasteiger partial charge in [0.25, 0.3) is 11.8 Å². The number of methoxy groups -OCH3 is 3. The molecule has 3 rings (SSSR count). The van der Waals surface area contributed by atoms with Gasteiger partial charge in [-0.3, -0.25) is 14.9 Å². The van der Waals surface area contributed by atoms with Crippen LogP contribution in [0, 0.1) is 0 Å². The van der Waals surface area contributed by atoms with Gasteiger partial charge in [-0.1, -0.05) is 42.5 Å². The number of carbonyl (C=O) groups is 2. The van der Waals surface area contributed by atoms with Gasteiger partial charge in [0, 0.05) is 19.2 Å². The van der Waals surface area contributed by atoms with E-state index in [4.69, 9.17) is 26.4 Å². The van der Waals surface area contributed by atoms with Gasteiger partial charge in [0.15, 0.2) is 16.6 Å². The third-order valence-corrected chi connectivity index (χ3v) is 5.63. The molecule has 0 aliphatic heterocycles. The van der Waals surface area contributed by atoms with Crippen molar-refractivity contribution in [3.05, 3.63) is 83.4 Å². The molecule has 182 valence electrons. The quantitative estimate of drug-likeness (QED) is 0.462. The Hall–Kier alpha value is -4.11. The lowest BCUT2D eigenvalue weighted by Gasteiger charge is -2.23. The number of ether oxygens (including phenoxy) is 3. The number of carbonyl (C=O) groups excluding carboxylic acids is 2. The Morgan fingerprint density at radius 3 is 2.06 bits per heavy atom. The van der Waals surface area contributed by atoms with E-state index in [1.165, 1.54) is 33.5 Å². The van der Waals surface area contributed by atoms with Crippen LogP contribution in [0.1, 0.15) is 26.3 Å². The molecule has 0 atom stereocenters. The normalized spacial score (nSPS) is 10.2. The second kappa shape index (κ2) is 11.8. The van der Waals surface area contributed by atoms with Crippen LogP contribution in [-0.2, 0) is 6.54 Å². The number of benzene rings is 3. The van der Waals surface area contributed by atoms with Crippen LogP contribution in [0.4, 0.5) is 5.69 Å². The van der Waals surface area contributed by atoms with Crippen LogP contribution in [-0.4, -0.2) is 45.3 Å². The molecular weight excluding hydrogens is 466 g/mol. The summed E-state index contributed by atoms with van der Waals surface area (Å²) in [6.07, 6.45) is 0. The SMILES string of the molecule is COc1cc(C(=O)NC(=S)N(C)c2ccccc2C(=O)NCc2ccccc2)cc(OC)c1OC. The van der Waals surface area contributed by atoms with Crippen LogP contribution in [0.15, 0.2) is 66.7 Å². The van der Waals surface area contributed by atoms with Crippen LogP contribution >= 0.6 is 12.2 Å². The summed E-state index contributed by atoms with van der Waals surface area (Å²) in [5, 5.41) is 5.73. The van der Waals surface area contributed by atoms with E-state index in [1.54, 1.807) is 36.2 Å². The summed E-state index contributed by atoms with van der Waals surface area (Å²) < 4.78 is 15.9. The molecule has 0 bridgehead atoms. The van der Waals surface area contributed by atoms with Gasteiger partial charge in [-0.2, -0.15) is 0 Å². The van der Waals surface area contributed by atoms with Crippen molar-refractivity contribution in [1.29, 1.82) is 0 Å². The molecule has 0 radical (unpaired) electrons. The molecule has 0 aliphatic carbocycles. The number of anilines is 1. The zero-order chi connectivity index (χ0) is 25.4. The van der Waals surface area contributed by atoms with Crippen molar-refractivity contribution >= 4 is 34.8 Å². The summed E-state index contributed by atoms with van der Waals surface area (Å²) in [7, 11) is 6.10. The summed E-state index contributed by atoms with van der Waals surface area (Å²) in [5.74, 6) is 0.345. The maximum Gasteiger partial charge on any atom is 0.257 e. The van der Waals surface area contributed by atoms with Gasteiger partial charge in [0.2, 0.25) is 5.75 Å². The predicted molar refractivity (Wildman–Crippen MR) is 139 cm³/mol. The lowest BCUT2D eigenvalue weighted by Crippen LogP contribution is -2.41. The van der Waals surface area contributed by atoms with Gasteiger partial charge in [0.1, 0.15) is 0 Å². The average Bonchev–Trinajstić information content (AvgIpc) is 2.90. The van der Waals surface area contributed by atoms with E-state index in [1.807, 2.05) is 30.3 Å². The number of hydrogen-bond donors (Lipinski definition) is 2. The minimum Gasteiger partial charge on any atom is -0.493 e. The van der Waals surface area contributed by atoms with E-state index >= 15 is 0 Å². The van der Waals surface area contributed by atoms with Gasteiger partial charge in [-0.15, -0.1) is 0 Å². The van der Waals surface area contributed by atoms with E-state index in [0.29, 0.717) is 35.0 Å². The van der Waals surface area contributed by atoms with Crippen molar-refractivity contribution in [3.8, 4) is 17.2 Å². The van der Waals surface area contributed by atoms with Gasteiger partial charge in [-0.05, 0) is 42.0 Å². The van der Waals surface area contributed by atoms with Crippen molar-refractivity contribution < 1.29 is 23.8 Å². The number of para-hydroxylation sites is 1. The highest BCUT2D eigenvalue weighted by Gasteiger charge is 2.21. The first-order chi connectivity index (χ1) is 16.9. The van der Waals surface area contributed by atoms with E-state index in [2.05, 4.69) is 10.6 Å². The highest BCUT2D eigenvalue weighted by molar-refractivity contribution is 7.80. The standard InChI is InChI=1S/C26H27N3O5S/c1-29(20-13-9-8-12-19(20)25(31)27-16-17-10-6-5-7-11-17)26(35)28-24(30)18-14-21(32-2)23(34-4)22(15-18)33-3/h5-15H,16H2,1-4H3,(H,27,31)(H,28,30,35). The van der Waals surface area contributed by atoms with Crippen LogP contribution in [0.25, 0.3) is 0 Å². The predicted octanol–water partition coefficient (Wildman–Crippen LogP) is 3.79. The molecule has 0 aliphatic rings. The summed E-state index contributed by atoms with van der Waals surface area (Å²) >= 11 is 5.47. The minimum absolute atomic E-state index is 0.118. The Bertz CT molecular complexity index is 1190. The molecule has 0 saturated carbocycles. The molecule has 2 amide bonds. The Morgan fingerprint density at radius 2 is 1.46 bits per heavy atom. The molecule has 35 heavy (non-hydrogen) atoms. The lowest BCUT2D eigenvalue weighted by molar-refractivity contribution is 0.0949. The topological polar surface area (TPSA) is 89.1 Å². The molecule has 3 aromatic rings. The van der Waals surface area contributed by atoms with E-state index in [9.17, 15) is 9.59 Å². The smallest absolute Gasteiger partial charge is 0.257 e. The molecular formula is C26H27N3O5S. The van der Waals surface area contributed by atoms with Gasteiger partial charge in [-0.25, -0.2) is 0 Å². The zero-order valence-corrected chi connectivity index (χ0v) is 20.8. The number of thiocarbonyl (C=S) groups is 1. The highest BCUT2D eigenvalue weighted by atomic mass is 32.1. The molecule has 8 nitrogen and oxygen atoms in total. The summed E-state index contributed by atoms with van der Waals surface area (Å²) in [6, 6.07) is 19.7. The summed E-state index contributed by atoms with van der Waals surface area (Å²) in [5.41, 5.74) is 2.23. The molecule has 2 N–H and O–H groups in total. The van der Waals surface area contributed by atoms with Crippen molar-refractivity contribution in [2.45, 2.75) is 6.54 Å². The van der Waals surface area contributed by atoms with Crippen molar-refractivity contribution in [2.24, 2.45) is 0 Å². The highest BCUT2D eigenvalue weighted by Crippen LogP contribution is 2.38. The molecule has 0 fully saturated rings. The third-order valence-electron chi connectivity index (χ3n) is 5.26. The first-order valence-electron chi connectivity index (χ1n) is 10.7. The molecule has 0 spiro atoms. The van der Waals surface area contributed by atoms with Crippen LogP contribution in [0.2, 0.25) is 0 Å². The number of nitrogens with one attached hydrogen (secondary N) is 2. The largest absolute Gasteiger partial charge is 0.493 e. The molecule has 3 aromatic carbocycles. The zero-order valence-electron chi connectivity index (χ0n) is 20.0. The Morgan fingerprint density at radius 1 is 0.857 bits per heavy atom. The fourth-order valence-electron chi connectivity index (χ4n) is 3.41. The Kier molecular flexibility index (Phi) is 8.63. The van der Waals surface area contributed by atoms with Crippen molar-refractivity contribution in [2.75, 3.05) is 33.3 Å². The van der Waals surface area contributed by atoms with Gasteiger partial charge < -0.3 is 24.4 Å². The van der Waals surface area contributed by atoms with Crippen LogP contribution in [0.5, 0.6) is 17.2 Å². The Labute approximate surface area is 209 Å². The lowest BCUT2D eigenvalue weighted by atomic mass is 10.1. The first-order valence-corrected chi connectivity index (χ1v) is 11.1. The molecule has 0 heterocycles. The number of hydrogen-bond acceptors (Lipinski definition) is 6. The molecule has 0 unspecified atom stereocenters. The molecule has 9 heteroatoms. The maximum atomic E-state index is 12.9. The Balaban J connectivity index is 1.76. The number of rotatable bonds is 8.